The summed E-state index contributed by atoms with van der Waals surface area (Å²) in [6, 6.07) is 15.7. The van der Waals surface area contributed by atoms with Gasteiger partial charge in [0, 0.05) is 24.1 Å². The first kappa shape index (κ1) is 18.3. The molecule has 2 aromatic rings. The van der Waals surface area contributed by atoms with Crippen molar-refractivity contribution in [1.29, 1.82) is 0 Å². The van der Waals surface area contributed by atoms with E-state index in [1.165, 1.54) is 5.56 Å². The number of hydrogen-bond donors (Lipinski definition) is 0. The Morgan fingerprint density at radius 3 is 2.56 bits per heavy atom. The lowest BCUT2D eigenvalue weighted by Gasteiger charge is -2.42. The van der Waals surface area contributed by atoms with Crippen molar-refractivity contribution < 1.29 is 4.79 Å². The average Bonchev–Trinajstić information content (AvgIpc) is 2.64. The van der Waals surface area contributed by atoms with Crippen molar-refractivity contribution in [2.45, 2.75) is 44.6 Å². The lowest BCUT2D eigenvalue weighted by Crippen LogP contribution is -2.47. The van der Waals surface area contributed by atoms with Gasteiger partial charge in [0.15, 0.2) is 0 Å². The summed E-state index contributed by atoms with van der Waals surface area (Å²) in [7, 11) is 0. The van der Waals surface area contributed by atoms with Gasteiger partial charge in [-0.05, 0) is 49.1 Å². The number of benzene rings is 2. The topological polar surface area (TPSA) is 20.3 Å². The predicted molar refractivity (Wildman–Crippen MR) is 105 cm³/mol. The first-order valence-corrected chi connectivity index (χ1v) is 9.68. The van der Waals surface area contributed by atoms with Gasteiger partial charge in [-0.3, -0.25) is 4.79 Å². The fraction of sp³-hybridized carbons (Fsp3) is 0.381. The molecule has 132 valence electrons. The standard InChI is InChI=1S/C21H23Cl2NO/c1-2-7-20-17(16-11-12-18(22)19(23)14-16)10-6-13-24(20)21(25)15-8-4-3-5-9-15/h3-5,8-9,11-12,14,17,20H,2,6-7,10,13H2,1H3. The van der Waals surface area contributed by atoms with E-state index in [0.717, 1.165) is 37.8 Å². The number of likely N-dealkylation sites (tertiary alicyclic amines) is 1. The molecule has 1 saturated heterocycles. The van der Waals surface area contributed by atoms with Gasteiger partial charge in [0.05, 0.1) is 10.0 Å². The van der Waals surface area contributed by atoms with Crippen molar-refractivity contribution in [1.82, 2.24) is 4.90 Å². The van der Waals surface area contributed by atoms with E-state index in [0.29, 0.717) is 16.0 Å². The van der Waals surface area contributed by atoms with Crippen LogP contribution < -0.4 is 0 Å². The SMILES string of the molecule is CCCC1C(c2ccc(Cl)c(Cl)c2)CCCN1C(=O)c1ccccc1. The van der Waals surface area contributed by atoms with E-state index in [-0.39, 0.29) is 11.9 Å². The molecule has 2 unspecified atom stereocenters. The monoisotopic (exact) mass is 375 g/mol. The molecule has 2 aromatic carbocycles. The molecule has 1 aliphatic heterocycles. The summed E-state index contributed by atoms with van der Waals surface area (Å²) in [5, 5.41) is 1.16. The number of halogens is 2. The van der Waals surface area contributed by atoms with Crippen LogP contribution in [0, 0.1) is 0 Å². The van der Waals surface area contributed by atoms with Gasteiger partial charge in [-0.15, -0.1) is 0 Å². The maximum absolute atomic E-state index is 13.1. The highest BCUT2D eigenvalue weighted by Crippen LogP contribution is 2.37. The first-order valence-electron chi connectivity index (χ1n) is 8.92. The minimum atomic E-state index is 0.129. The zero-order valence-electron chi connectivity index (χ0n) is 14.4. The Labute approximate surface area is 159 Å². The van der Waals surface area contributed by atoms with Gasteiger partial charge in [-0.2, -0.15) is 0 Å². The zero-order valence-corrected chi connectivity index (χ0v) is 15.9. The van der Waals surface area contributed by atoms with E-state index < -0.39 is 0 Å². The Balaban J connectivity index is 1.91. The Morgan fingerprint density at radius 2 is 1.88 bits per heavy atom. The highest BCUT2D eigenvalue weighted by molar-refractivity contribution is 6.42. The molecule has 0 bridgehead atoms. The molecule has 0 spiro atoms. The number of carbonyl (C=O) groups excluding carboxylic acids is 1. The number of rotatable bonds is 4. The molecule has 0 aromatic heterocycles. The van der Waals surface area contributed by atoms with Crippen LogP contribution in [0.5, 0.6) is 0 Å². The van der Waals surface area contributed by atoms with Crippen LogP contribution in [0.15, 0.2) is 48.5 Å². The molecule has 0 radical (unpaired) electrons. The van der Waals surface area contributed by atoms with Crippen LogP contribution in [0.25, 0.3) is 0 Å². The lowest BCUT2D eigenvalue weighted by atomic mass is 9.81. The molecule has 3 rings (SSSR count). The molecular weight excluding hydrogens is 353 g/mol. The molecule has 0 aliphatic carbocycles. The van der Waals surface area contributed by atoms with E-state index in [1.54, 1.807) is 0 Å². The highest BCUT2D eigenvalue weighted by atomic mass is 35.5. The van der Waals surface area contributed by atoms with Crippen LogP contribution in [-0.2, 0) is 0 Å². The third-order valence-electron chi connectivity index (χ3n) is 5.02. The molecule has 4 heteroatoms. The minimum absolute atomic E-state index is 0.129. The van der Waals surface area contributed by atoms with Crippen LogP contribution >= 0.6 is 23.2 Å². The number of nitrogens with zero attached hydrogens (tertiary/aromatic N) is 1. The van der Waals surface area contributed by atoms with Crippen molar-refractivity contribution >= 4 is 29.1 Å². The van der Waals surface area contributed by atoms with Gasteiger partial charge in [0.2, 0.25) is 0 Å². The van der Waals surface area contributed by atoms with Crippen molar-refractivity contribution in [2.24, 2.45) is 0 Å². The summed E-state index contributed by atoms with van der Waals surface area (Å²) in [6.45, 7) is 2.99. The quantitative estimate of drug-likeness (QED) is 0.624. The van der Waals surface area contributed by atoms with E-state index in [9.17, 15) is 4.79 Å². The number of piperidine rings is 1. The number of hydrogen-bond acceptors (Lipinski definition) is 1. The molecule has 1 heterocycles. The van der Waals surface area contributed by atoms with Gasteiger partial charge in [-0.1, -0.05) is 60.8 Å². The van der Waals surface area contributed by atoms with E-state index >= 15 is 0 Å². The Hall–Kier alpha value is -1.51. The minimum Gasteiger partial charge on any atom is -0.335 e. The summed E-state index contributed by atoms with van der Waals surface area (Å²) >= 11 is 12.3. The van der Waals surface area contributed by atoms with Crippen LogP contribution in [0.3, 0.4) is 0 Å². The van der Waals surface area contributed by atoms with Crippen molar-refractivity contribution in [3.63, 3.8) is 0 Å². The average molecular weight is 376 g/mol. The van der Waals surface area contributed by atoms with Gasteiger partial charge in [0.1, 0.15) is 0 Å². The fourth-order valence-electron chi connectivity index (χ4n) is 3.84. The molecule has 25 heavy (non-hydrogen) atoms. The van der Waals surface area contributed by atoms with Crippen molar-refractivity contribution in [3.8, 4) is 0 Å². The van der Waals surface area contributed by atoms with E-state index in [4.69, 9.17) is 23.2 Å². The summed E-state index contributed by atoms with van der Waals surface area (Å²) in [5.74, 6) is 0.430. The molecule has 1 fully saturated rings. The van der Waals surface area contributed by atoms with Crippen molar-refractivity contribution in [2.75, 3.05) is 6.54 Å². The predicted octanol–water partition coefficient (Wildman–Crippen LogP) is 6.18. The van der Waals surface area contributed by atoms with Crippen molar-refractivity contribution in [3.05, 3.63) is 69.7 Å². The molecule has 1 aliphatic rings. The van der Waals surface area contributed by atoms with Crippen LogP contribution in [0.1, 0.15) is 54.4 Å². The van der Waals surface area contributed by atoms with Crippen LogP contribution in [-0.4, -0.2) is 23.4 Å². The van der Waals surface area contributed by atoms with Crippen LogP contribution in [0.2, 0.25) is 10.0 Å². The molecule has 2 nitrogen and oxygen atoms in total. The molecule has 2 atom stereocenters. The summed E-state index contributed by atoms with van der Waals surface area (Å²) < 4.78 is 0. The smallest absolute Gasteiger partial charge is 0.254 e. The second-order valence-electron chi connectivity index (χ2n) is 6.64. The van der Waals surface area contributed by atoms with Gasteiger partial charge in [0.25, 0.3) is 5.91 Å². The third-order valence-corrected chi connectivity index (χ3v) is 5.76. The number of carbonyl (C=O) groups is 1. The summed E-state index contributed by atoms with van der Waals surface area (Å²) in [6.07, 6.45) is 4.11. The zero-order chi connectivity index (χ0) is 17.8. The fourth-order valence-corrected chi connectivity index (χ4v) is 4.15. The normalized spacial score (nSPS) is 20.5. The second kappa shape index (κ2) is 8.25. The Morgan fingerprint density at radius 1 is 1.12 bits per heavy atom. The molecule has 1 amide bonds. The van der Waals surface area contributed by atoms with E-state index in [1.807, 2.05) is 42.5 Å². The Bertz CT molecular complexity index is 732. The van der Waals surface area contributed by atoms with Gasteiger partial charge in [-0.25, -0.2) is 0 Å². The molecule has 0 N–H and O–H groups in total. The summed E-state index contributed by atoms with van der Waals surface area (Å²) in [5.41, 5.74) is 1.94. The van der Waals surface area contributed by atoms with Gasteiger partial charge < -0.3 is 4.90 Å². The van der Waals surface area contributed by atoms with Gasteiger partial charge >= 0.3 is 0 Å². The maximum Gasteiger partial charge on any atom is 0.254 e. The van der Waals surface area contributed by atoms with E-state index in [2.05, 4.69) is 17.9 Å². The number of amides is 1. The molecular formula is C21H23Cl2NO. The Kier molecular flexibility index (Phi) is 6.03. The van der Waals surface area contributed by atoms with Crippen LogP contribution in [0.4, 0.5) is 0 Å². The first-order chi connectivity index (χ1) is 12.1. The highest BCUT2D eigenvalue weighted by Gasteiger charge is 2.35. The second-order valence-corrected chi connectivity index (χ2v) is 7.46. The molecule has 0 saturated carbocycles. The summed E-state index contributed by atoms with van der Waals surface area (Å²) in [4.78, 5) is 15.1. The largest absolute Gasteiger partial charge is 0.335 e. The lowest BCUT2D eigenvalue weighted by molar-refractivity contribution is 0.0558. The third kappa shape index (κ3) is 4.02. The maximum atomic E-state index is 13.1.